The van der Waals surface area contributed by atoms with Gasteiger partial charge in [0, 0.05) is 11.9 Å². The van der Waals surface area contributed by atoms with Crippen LogP contribution < -0.4 is 0 Å². The molecule has 0 radical (unpaired) electrons. The van der Waals surface area contributed by atoms with E-state index in [0.717, 1.165) is 17.0 Å². The highest BCUT2D eigenvalue weighted by Gasteiger charge is 1.99. The van der Waals surface area contributed by atoms with Gasteiger partial charge in [0.15, 0.2) is 0 Å². The fourth-order valence-corrected chi connectivity index (χ4v) is 0.978. The number of nitrogens with one attached hydrogen (secondary N) is 1. The first kappa shape index (κ1) is 6.86. The molecule has 2 aromatic heterocycles. The van der Waals surface area contributed by atoms with Crippen molar-refractivity contribution in [3.05, 3.63) is 36.3 Å². The lowest BCUT2D eigenvalue weighted by Crippen LogP contribution is -1.76. The third-order valence-corrected chi connectivity index (χ3v) is 1.53. The zero-order valence-electron chi connectivity index (χ0n) is 6.63. The molecule has 3 nitrogen and oxygen atoms in total. The summed E-state index contributed by atoms with van der Waals surface area (Å²) in [5, 5.41) is 6.93. The lowest BCUT2D eigenvalue weighted by atomic mass is 10.2. The Morgan fingerprint density at radius 3 is 3.00 bits per heavy atom. The summed E-state index contributed by atoms with van der Waals surface area (Å²) in [6.07, 6.45) is 3.29. The van der Waals surface area contributed by atoms with E-state index < -0.39 is 0 Å². The van der Waals surface area contributed by atoms with Gasteiger partial charge in [-0.3, -0.25) is 10.1 Å². The molecular weight excluding hydrogens is 150 g/mol. The Balaban J connectivity index is 2.45. The van der Waals surface area contributed by atoms with Gasteiger partial charge in [0.2, 0.25) is 0 Å². The summed E-state index contributed by atoms with van der Waals surface area (Å²) < 4.78 is 0. The van der Waals surface area contributed by atoms with Crippen LogP contribution in [0.25, 0.3) is 11.3 Å². The molecule has 0 aliphatic heterocycles. The van der Waals surface area contributed by atoms with Crippen molar-refractivity contribution in [2.75, 3.05) is 0 Å². The first-order chi connectivity index (χ1) is 5.86. The monoisotopic (exact) mass is 157 g/mol. The van der Waals surface area contributed by atoms with Crippen molar-refractivity contribution in [3.8, 4) is 11.3 Å². The Labute approximate surface area is 70.5 Å². The van der Waals surface area contributed by atoms with E-state index in [4.69, 9.17) is 0 Å². The number of aromatic nitrogens is 3. The van der Waals surface area contributed by atoms with Gasteiger partial charge in [0.1, 0.15) is 5.69 Å². The van der Waals surface area contributed by atoms with E-state index in [1.165, 1.54) is 0 Å². The molecule has 1 N–H and O–H groups in total. The molecule has 0 amide bonds. The van der Waals surface area contributed by atoms with Crippen LogP contribution in [0.3, 0.4) is 0 Å². The van der Waals surface area contributed by atoms with Gasteiger partial charge in [-0.15, -0.1) is 0 Å². The summed E-state index contributed by atoms with van der Waals surface area (Å²) in [4.78, 5) is 3.93. The van der Waals surface area contributed by atoms with Gasteiger partial charge >= 0.3 is 0 Å². The highest BCUT2D eigenvalue weighted by atomic mass is 15.1. The molecule has 0 saturated heterocycles. The van der Waals surface area contributed by atoms with Crippen molar-refractivity contribution in [2.45, 2.75) is 6.92 Å². The lowest BCUT2D eigenvalue weighted by molar-refractivity contribution is 1.05. The molecule has 58 valence electrons. The molecule has 0 bridgehead atoms. The molecule has 0 fully saturated rings. The molecule has 2 rings (SSSR count). The molecular formula is C9H7N3. The smallest absolute Gasteiger partial charge is 0.102 e. The van der Waals surface area contributed by atoms with Crippen LogP contribution in [0.5, 0.6) is 0 Å². The van der Waals surface area contributed by atoms with E-state index in [1.807, 2.05) is 13.0 Å². The minimum Gasteiger partial charge on any atom is -0.282 e. The van der Waals surface area contributed by atoms with Gasteiger partial charge in [-0.05, 0) is 19.1 Å². The van der Waals surface area contributed by atoms with Gasteiger partial charge in [0.25, 0.3) is 0 Å². The average molecular weight is 157 g/mol. The molecule has 3 heteroatoms. The summed E-state index contributed by atoms with van der Waals surface area (Å²) >= 11 is 0. The maximum atomic E-state index is 4.07. The molecule has 0 aliphatic carbocycles. The highest BCUT2D eigenvalue weighted by Crippen LogP contribution is 2.12. The molecule has 0 spiro atoms. The first-order valence-electron chi connectivity index (χ1n) is 3.62. The Hall–Kier alpha value is -1.82. The number of rotatable bonds is 1. The van der Waals surface area contributed by atoms with Gasteiger partial charge in [-0.1, -0.05) is 6.07 Å². The molecule has 2 heterocycles. The topological polar surface area (TPSA) is 41.6 Å². The van der Waals surface area contributed by atoms with Crippen LogP contribution in [0.4, 0.5) is 0 Å². The Kier molecular flexibility index (Phi) is 1.52. The Morgan fingerprint density at radius 1 is 1.50 bits per heavy atom. The molecule has 0 aliphatic rings. The SMILES string of the molecule is Cc1cc(-c2c#ccnc2)n[nH]1. The number of hydrogen-bond donors (Lipinski definition) is 1. The van der Waals surface area contributed by atoms with Gasteiger partial charge < -0.3 is 0 Å². The zero-order chi connectivity index (χ0) is 8.39. The molecule has 0 saturated carbocycles. The molecule has 0 atom stereocenters. The second-order valence-corrected chi connectivity index (χ2v) is 2.53. The normalized spacial score (nSPS) is 9.42. The van der Waals surface area contributed by atoms with E-state index in [9.17, 15) is 0 Å². The van der Waals surface area contributed by atoms with E-state index in [2.05, 4.69) is 27.3 Å². The fourth-order valence-electron chi connectivity index (χ4n) is 0.978. The quantitative estimate of drug-likeness (QED) is 0.679. The van der Waals surface area contributed by atoms with Crippen molar-refractivity contribution in [3.63, 3.8) is 0 Å². The summed E-state index contributed by atoms with van der Waals surface area (Å²) in [6, 6.07) is 7.65. The maximum Gasteiger partial charge on any atom is 0.102 e. The van der Waals surface area contributed by atoms with Crippen LogP contribution in [0.2, 0.25) is 0 Å². The van der Waals surface area contributed by atoms with Crippen LogP contribution in [-0.2, 0) is 0 Å². The third-order valence-electron chi connectivity index (χ3n) is 1.53. The second kappa shape index (κ2) is 2.67. The van der Waals surface area contributed by atoms with E-state index in [0.29, 0.717) is 0 Å². The zero-order valence-corrected chi connectivity index (χ0v) is 6.63. The number of nitrogens with zero attached hydrogens (tertiary/aromatic N) is 2. The van der Waals surface area contributed by atoms with Crippen LogP contribution in [0.15, 0.2) is 18.5 Å². The standard InChI is InChI=1S/C9H7N3/c1-7-5-9(12-11-7)8-3-2-4-10-6-8/h4-6H,1H3,(H,11,12). The predicted octanol–water partition coefficient (Wildman–Crippen LogP) is 1.38. The van der Waals surface area contributed by atoms with Gasteiger partial charge in [-0.25, -0.2) is 0 Å². The lowest BCUT2D eigenvalue weighted by Gasteiger charge is -1.86. The van der Waals surface area contributed by atoms with Crippen molar-refractivity contribution in [1.29, 1.82) is 0 Å². The summed E-state index contributed by atoms with van der Waals surface area (Å²) in [6.45, 7) is 1.95. The van der Waals surface area contributed by atoms with Crippen LogP contribution in [0.1, 0.15) is 5.69 Å². The summed E-state index contributed by atoms with van der Waals surface area (Å²) in [7, 11) is 0. The highest BCUT2D eigenvalue weighted by molar-refractivity contribution is 5.55. The van der Waals surface area contributed by atoms with E-state index >= 15 is 0 Å². The largest absolute Gasteiger partial charge is 0.282 e. The number of aryl methyl sites for hydroxylation is 1. The van der Waals surface area contributed by atoms with Crippen LogP contribution >= 0.6 is 0 Å². The summed E-state index contributed by atoms with van der Waals surface area (Å²) in [5.41, 5.74) is 2.75. The van der Waals surface area contributed by atoms with Crippen molar-refractivity contribution < 1.29 is 0 Å². The van der Waals surface area contributed by atoms with Crippen molar-refractivity contribution in [2.24, 2.45) is 0 Å². The van der Waals surface area contributed by atoms with Crippen LogP contribution in [0, 0.1) is 19.1 Å². The van der Waals surface area contributed by atoms with E-state index in [-0.39, 0.29) is 0 Å². The molecule has 2 aromatic rings. The van der Waals surface area contributed by atoms with Crippen molar-refractivity contribution in [1.82, 2.24) is 15.2 Å². The van der Waals surface area contributed by atoms with Crippen molar-refractivity contribution >= 4 is 0 Å². The minimum absolute atomic E-state index is 0.858. The van der Waals surface area contributed by atoms with E-state index in [1.54, 1.807) is 12.4 Å². The first-order valence-corrected chi connectivity index (χ1v) is 3.62. The average Bonchev–Trinajstić information content (AvgIpc) is 2.54. The Morgan fingerprint density at radius 2 is 2.42 bits per heavy atom. The third kappa shape index (κ3) is 1.15. The number of aromatic amines is 1. The minimum atomic E-state index is 0.858. The van der Waals surface area contributed by atoms with Gasteiger partial charge in [-0.2, -0.15) is 5.10 Å². The molecule has 12 heavy (non-hydrogen) atoms. The molecule has 0 unspecified atom stereocenters. The predicted molar refractivity (Wildman–Crippen MR) is 44.2 cm³/mol. The molecule has 0 aromatic carbocycles. The fraction of sp³-hybridized carbons (Fsp3) is 0.111. The second-order valence-electron chi connectivity index (χ2n) is 2.53. The van der Waals surface area contributed by atoms with Gasteiger partial charge in [0.05, 0.1) is 11.8 Å². The summed E-state index contributed by atoms with van der Waals surface area (Å²) in [5.74, 6) is 0. The number of H-pyrrole nitrogens is 1. The Bertz CT molecular complexity index is 364. The maximum absolute atomic E-state index is 4.07. The van der Waals surface area contributed by atoms with Crippen LogP contribution in [-0.4, -0.2) is 15.2 Å². The number of hydrogen-bond acceptors (Lipinski definition) is 2.